The van der Waals surface area contributed by atoms with E-state index in [0.29, 0.717) is 0 Å². The molecule has 0 aliphatic rings. The molecule has 0 saturated heterocycles. The molecule has 5 heteroatoms. The Morgan fingerprint density at radius 3 is 0.649 bits per heavy atom. The summed E-state index contributed by atoms with van der Waals surface area (Å²) >= 11 is 13.7. The summed E-state index contributed by atoms with van der Waals surface area (Å²) in [6.45, 7) is 16.4. The second-order valence-electron chi connectivity index (χ2n) is 8.59. The quantitative estimate of drug-likeness (QED) is 0.154. The Labute approximate surface area is 271 Å². The van der Waals surface area contributed by atoms with Crippen LogP contribution in [0.5, 0.6) is 0 Å². The van der Waals surface area contributed by atoms with Gasteiger partial charge in [0.1, 0.15) is 0 Å². The van der Waals surface area contributed by atoms with E-state index in [1.807, 2.05) is 52.0 Å². The van der Waals surface area contributed by atoms with Gasteiger partial charge in [-0.25, -0.2) is 0 Å². The van der Waals surface area contributed by atoms with Crippen molar-refractivity contribution >= 4 is 63.7 Å². The van der Waals surface area contributed by atoms with E-state index in [0.717, 1.165) is 0 Å². The monoisotopic (exact) mass is 924 g/mol. The van der Waals surface area contributed by atoms with Crippen LogP contribution in [0, 0.1) is 79.7 Å². The predicted molar refractivity (Wildman–Crippen MR) is 170 cm³/mol. The van der Waals surface area contributed by atoms with Crippen LogP contribution in [0.1, 0.15) is 44.5 Å². The van der Waals surface area contributed by atoms with Crippen LogP contribution in [-0.2, 0) is 19.8 Å². The molecule has 4 aromatic carbocycles. The normalized spacial score (nSPS) is 9.41. The summed E-state index contributed by atoms with van der Waals surface area (Å²) < 4.78 is 4.66. The van der Waals surface area contributed by atoms with E-state index in [4.69, 9.17) is 0 Å². The van der Waals surface area contributed by atoms with Gasteiger partial charge in [0, 0.05) is 0 Å². The van der Waals surface area contributed by atoms with E-state index < -0.39 is 0 Å². The van der Waals surface area contributed by atoms with E-state index in [1.54, 1.807) is 0 Å². The summed E-state index contributed by atoms with van der Waals surface area (Å²) in [7, 11) is 0. The van der Waals surface area contributed by atoms with Gasteiger partial charge in [-0.05, 0) is 0 Å². The topological polar surface area (TPSA) is 0 Å². The molecule has 0 saturated carbocycles. The molecule has 37 heavy (non-hydrogen) atoms. The number of hydrogen-bond acceptors (Lipinski definition) is 0. The standard InChI is InChI=1S/4C8H8Br.Os/c4*1-6-3-4-7(2)8(9)5-6;/h4*4-5H,1-2H3;/q4*-1;+4. The van der Waals surface area contributed by atoms with Crippen LogP contribution >= 0.6 is 63.7 Å². The molecular formula is C32H32Br4Os. The zero-order valence-corrected chi connectivity index (χ0v) is 31.4. The smallest absolute Gasteiger partial charge is 0.180 e. The minimum Gasteiger partial charge on any atom is -0.180 e. The minimum atomic E-state index is 0. The Morgan fingerprint density at radius 2 is 0.541 bits per heavy atom. The zero-order chi connectivity index (χ0) is 27.4. The first-order valence-corrected chi connectivity index (χ1v) is 14.5. The van der Waals surface area contributed by atoms with Crippen molar-refractivity contribution in [3.8, 4) is 0 Å². The van der Waals surface area contributed by atoms with Crippen LogP contribution in [0.4, 0.5) is 0 Å². The summed E-state index contributed by atoms with van der Waals surface area (Å²) in [6, 6.07) is 28.6. The number of aryl methyl sites for hydroxylation is 8. The van der Waals surface area contributed by atoms with E-state index in [9.17, 15) is 0 Å². The summed E-state index contributed by atoms with van der Waals surface area (Å²) in [4.78, 5) is 0. The molecule has 196 valence electrons. The molecular weight excluding hydrogens is 894 g/mol. The maximum atomic E-state index is 3.43. The second kappa shape index (κ2) is 18.7. The number of benzene rings is 4. The SMILES string of the molecule is Cc1[c-]cc(C)c(Br)c1.Cc1[c-]cc(C)c(Br)c1.Cc1[c-]cc(C)c(Br)c1.Cc1[c-]cc(C)c(Br)c1.[Os+4]. The third-order valence-corrected chi connectivity index (χ3v) is 8.36. The average molecular weight is 926 g/mol. The number of hydrogen-bond donors (Lipinski definition) is 0. The van der Waals surface area contributed by atoms with Crippen molar-refractivity contribution in [1.29, 1.82) is 0 Å². The largest absolute Gasteiger partial charge is 4.00 e. The fourth-order valence-electron chi connectivity index (χ4n) is 2.55. The zero-order valence-electron chi connectivity index (χ0n) is 22.5. The van der Waals surface area contributed by atoms with Crippen LogP contribution in [0.2, 0.25) is 0 Å². The second-order valence-corrected chi connectivity index (χ2v) is 12.0. The van der Waals surface area contributed by atoms with E-state index in [2.05, 4.69) is 140 Å². The van der Waals surface area contributed by atoms with Crippen LogP contribution in [0.3, 0.4) is 0 Å². The summed E-state index contributed by atoms with van der Waals surface area (Å²) in [5.41, 5.74) is 9.64. The van der Waals surface area contributed by atoms with E-state index >= 15 is 0 Å². The Kier molecular flexibility index (Phi) is 18.4. The summed E-state index contributed by atoms with van der Waals surface area (Å²) in [5.74, 6) is 0. The molecule has 0 spiro atoms. The van der Waals surface area contributed by atoms with Gasteiger partial charge < -0.3 is 0 Å². The first-order chi connectivity index (χ1) is 16.8. The fraction of sp³-hybridized carbons (Fsp3) is 0.250. The van der Waals surface area contributed by atoms with Crippen molar-refractivity contribution in [2.45, 2.75) is 55.4 Å². The third-order valence-electron chi connectivity index (χ3n) is 4.95. The molecule has 0 heterocycles. The summed E-state index contributed by atoms with van der Waals surface area (Å²) in [6.07, 6.45) is 0. The first kappa shape index (κ1) is 36.4. The first-order valence-electron chi connectivity index (χ1n) is 11.4. The molecule has 0 unspecified atom stereocenters. The van der Waals surface area contributed by atoms with Crippen LogP contribution in [-0.4, -0.2) is 0 Å². The van der Waals surface area contributed by atoms with Crippen molar-refractivity contribution in [2.24, 2.45) is 0 Å². The molecule has 0 aliphatic heterocycles. The van der Waals surface area contributed by atoms with Crippen molar-refractivity contribution in [3.63, 3.8) is 0 Å². The fourth-order valence-corrected chi connectivity index (χ4v) is 4.38. The third kappa shape index (κ3) is 15.0. The van der Waals surface area contributed by atoms with Crippen molar-refractivity contribution in [3.05, 3.63) is 135 Å². The van der Waals surface area contributed by atoms with Gasteiger partial charge in [-0.3, -0.25) is 0 Å². The van der Waals surface area contributed by atoms with Gasteiger partial charge in [0.2, 0.25) is 0 Å². The van der Waals surface area contributed by atoms with Gasteiger partial charge in [-0.2, -0.15) is 95.1 Å². The molecule has 4 rings (SSSR count). The number of rotatable bonds is 0. The van der Waals surface area contributed by atoms with Gasteiger partial charge >= 0.3 is 19.8 Å². The van der Waals surface area contributed by atoms with Crippen LogP contribution < -0.4 is 0 Å². The van der Waals surface area contributed by atoms with E-state index in [1.165, 1.54) is 62.4 Å². The Balaban J connectivity index is 0.000000463. The van der Waals surface area contributed by atoms with Gasteiger partial charge in [-0.1, -0.05) is 137 Å². The van der Waals surface area contributed by atoms with Gasteiger partial charge in [0.25, 0.3) is 0 Å². The van der Waals surface area contributed by atoms with E-state index in [-0.39, 0.29) is 19.8 Å². The Hall–Kier alpha value is -0.564. The molecule has 0 radical (unpaired) electrons. The molecule has 0 nitrogen and oxygen atoms in total. The Bertz CT molecular complexity index is 1070. The van der Waals surface area contributed by atoms with Gasteiger partial charge in [0.05, 0.1) is 0 Å². The maximum Gasteiger partial charge on any atom is 4.00 e. The van der Waals surface area contributed by atoms with Crippen LogP contribution in [0.15, 0.2) is 66.4 Å². The van der Waals surface area contributed by atoms with Crippen LogP contribution in [0.25, 0.3) is 0 Å². The molecule has 4 aromatic rings. The molecule has 0 amide bonds. The van der Waals surface area contributed by atoms with Crippen molar-refractivity contribution < 1.29 is 19.8 Å². The molecule has 0 bridgehead atoms. The van der Waals surface area contributed by atoms with Gasteiger partial charge in [0.15, 0.2) is 0 Å². The molecule has 0 aromatic heterocycles. The maximum absolute atomic E-state index is 3.43. The minimum absolute atomic E-state index is 0. The van der Waals surface area contributed by atoms with Gasteiger partial charge in [-0.15, -0.1) is 22.3 Å². The molecule has 0 atom stereocenters. The van der Waals surface area contributed by atoms with Crippen molar-refractivity contribution in [2.75, 3.05) is 0 Å². The Morgan fingerprint density at radius 1 is 0.378 bits per heavy atom. The number of halogens is 4. The molecule has 0 aliphatic carbocycles. The average Bonchev–Trinajstić information content (AvgIpc) is 2.81. The molecule has 0 N–H and O–H groups in total. The predicted octanol–water partition coefficient (Wildman–Crippen LogP) is 11.5. The molecule has 0 fully saturated rings. The van der Waals surface area contributed by atoms with Crippen molar-refractivity contribution in [1.82, 2.24) is 0 Å². The summed E-state index contributed by atoms with van der Waals surface area (Å²) in [5, 5.41) is 0.